The van der Waals surface area contributed by atoms with Gasteiger partial charge in [-0.25, -0.2) is 19.3 Å². The third-order valence-corrected chi connectivity index (χ3v) is 5.24. The van der Waals surface area contributed by atoms with Gasteiger partial charge in [-0.15, -0.1) is 0 Å². The minimum atomic E-state index is -4.71. The second kappa shape index (κ2) is 8.21. The number of nitrogen functional groups attached to an aromatic ring is 1. The number of hydrogen-bond acceptors (Lipinski definition) is 7. The zero-order valence-electron chi connectivity index (χ0n) is 17.3. The third-order valence-electron chi connectivity index (χ3n) is 5.24. The van der Waals surface area contributed by atoms with Gasteiger partial charge in [0.1, 0.15) is 5.82 Å². The summed E-state index contributed by atoms with van der Waals surface area (Å²) in [5.41, 5.74) is 7.08. The zero-order valence-corrected chi connectivity index (χ0v) is 17.3. The molecular formula is C21H20F4N6O. The lowest BCUT2D eigenvalue weighted by molar-refractivity contribution is -0.144. The van der Waals surface area contributed by atoms with Gasteiger partial charge in [0.2, 0.25) is 5.82 Å². The minimum absolute atomic E-state index is 0.0231. The van der Waals surface area contributed by atoms with E-state index in [2.05, 4.69) is 19.9 Å². The van der Waals surface area contributed by atoms with Gasteiger partial charge in [-0.1, -0.05) is 6.42 Å². The number of halogens is 4. The van der Waals surface area contributed by atoms with E-state index in [9.17, 15) is 13.2 Å². The molecule has 2 heterocycles. The Morgan fingerprint density at radius 2 is 1.78 bits per heavy atom. The highest BCUT2D eigenvalue weighted by Crippen LogP contribution is 2.45. The van der Waals surface area contributed by atoms with Crippen molar-refractivity contribution in [3.63, 3.8) is 0 Å². The summed E-state index contributed by atoms with van der Waals surface area (Å²) in [6.45, 7) is 0. The van der Waals surface area contributed by atoms with Crippen LogP contribution in [0.4, 0.5) is 29.2 Å². The van der Waals surface area contributed by atoms with Crippen LogP contribution in [0.5, 0.6) is 11.5 Å². The van der Waals surface area contributed by atoms with E-state index in [-0.39, 0.29) is 29.1 Å². The average Bonchev–Trinajstić information content (AvgIpc) is 2.69. The Hall–Kier alpha value is -3.50. The quantitative estimate of drug-likeness (QED) is 0.561. The molecule has 0 spiro atoms. The first-order valence-corrected chi connectivity index (χ1v) is 9.85. The summed E-state index contributed by atoms with van der Waals surface area (Å²) in [5, 5.41) is 0. The van der Waals surface area contributed by atoms with Crippen LogP contribution in [0.25, 0.3) is 11.3 Å². The van der Waals surface area contributed by atoms with Crippen molar-refractivity contribution in [3.8, 4) is 22.8 Å². The van der Waals surface area contributed by atoms with Crippen molar-refractivity contribution in [2.24, 2.45) is 0 Å². The summed E-state index contributed by atoms with van der Waals surface area (Å²) in [4.78, 5) is 16.5. The molecule has 1 saturated carbocycles. The van der Waals surface area contributed by atoms with Crippen LogP contribution in [0.3, 0.4) is 0 Å². The van der Waals surface area contributed by atoms with Crippen molar-refractivity contribution < 1.29 is 22.3 Å². The van der Waals surface area contributed by atoms with Crippen molar-refractivity contribution in [2.45, 2.75) is 31.4 Å². The van der Waals surface area contributed by atoms with Gasteiger partial charge in [0.25, 0.3) is 0 Å². The summed E-state index contributed by atoms with van der Waals surface area (Å²) >= 11 is 0. The lowest BCUT2D eigenvalue weighted by Crippen LogP contribution is -2.18. The van der Waals surface area contributed by atoms with E-state index in [1.54, 1.807) is 6.07 Å². The molecular weight excluding hydrogens is 428 g/mol. The van der Waals surface area contributed by atoms with Crippen LogP contribution < -0.4 is 15.4 Å². The highest BCUT2D eigenvalue weighted by Gasteiger charge is 2.36. The maximum Gasteiger partial charge on any atom is 0.451 e. The van der Waals surface area contributed by atoms with E-state index in [0.29, 0.717) is 16.8 Å². The highest BCUT2D eigenvalue weighted by atomic mass is 19.4. The maximum atomic E-state index is 15.6. The van der Waals surface area contributed by atoms with Gasteiger partial charge < -0.3 is 15.4 Å². The molecule has 3 aromatic rings. The number of nitrogens with two attached hydrogens (primary N) is 1. The number of hydrogen-bond donors (Lipinski definition) is 1. The lowest BCUT2D eigenvalue weighted by atomic mass is 9.77. The van der Waals surface area contributed by atoms with E-state index < -0.39 is 17.8 Å². The molecule has 0 unspecified atom stereocenters. The van der Waals surface area contributed by atoms with Crippen LogP contribution in [0.1, 0.15) is 36.6 Å². The summed E-state index contributed by atoms with van der Waals surface area (Å²) in [6.07, 6.45) is 1.64. The Morgan fingerprint density at radius 1 is 1.03 bits per heavy atom. The Labute approximate surface area is 181 Å². The number of rotatable bonds is 5. The van der Waals surface area contributed by atoms with Gasteiger partial charge in [-0.3, -0.25) is 4.98 Å². The van der Waals surface area contributed by atoms with E-state index >= 15 is 4.39 Å². The molecule has 32 heavy (non-hydrogen) atoms. The van der Waals surface area contributed by atoms with Crippen LogP contribution in [-0.2, 0) is 6.18 Å². The van der Waals surface area contributed by atoms with Crippen molar-refractivity contribution in [1.82, 2.24) is 19.9 Å². The molecule has 11 heteroatoms. The van der Waals surface area contributed by atoms with Crippen LogP contribution in [0.15, 0.2) is 30.7 Å². The number of ether oxygens (including phenoxy) is 1. The van der Waals surface area contributed by atoms with Crippen LogP contribution in [-0.4, -0.2) is 34.0 Å². The summed E-state index contributed by atoms with van der Waals surface area (Å²) < 4.78 is 60.3. The third kappa shape index (κ3) is 4.14. The topological polar surface area (TPSA) is 90.0 Å². The first kappa shape index (κ1) is 21.7. The number of anilines is 2. The molecule has 0 radical (unpaired) electrons. The van der Waals surface area contributed by atoms with Crippen molar-refractivity contribution >= 4 is 11.6 Å². The second-order valence-electron chi connectivity index (χ2n) is 7.67. The molecule has 0 amide bonds. The van der Waals surface area contributed by atoms with Crippen molar-refractivity contribution in [1.29, 1.82) is 0 Å². The normalized spacial score (nSPS) is 14.2. The molecule has 0 atom stereocenters. The molecule has 1 fully saturated rings. The predicted octanol–water partition coefficient (Wildman–Crippen LogP) is 4.80. The monoisotopic (exact) mass is 448 g/mol. The molecule has 0 bridgehead atoms. The minimum Gasteiger partial charge on any atom is -0.449 e. The van der Waals surface area contributed by atoms with E-state index in [4.69, 9.17) is 10.5 Å². The molecule has 2 aromatic heterocycles. The Morgan fingerprint density at radius 3 is 2.34 bits per heavy atom. The van der Waals surface area contributed by atoms with Crippen LogP contribution in [0.2, 0.25) is 0 Å². The SMILES string of the molecule is CN(C)c1nc(C(F)(F)F)ncc1Oc1ccc(-c2cnc(N)cn2)c(C2CCC2)c1F. The summed E-state index contributed by atoms with van der Waals surface area (Å²) in [7, 11) is 3.02. The highest BCUT2D eigenvalue weighted by molar-refractivity contribution is 5.67. The number of aromatic nitrogens is 4. The molecule has 1 aliphatic carbocycles. The fraction of sp³-hybridized carbons (Fsp3) is 0.333. The lowest BCUT2D eigenvalue weighted by Gasteiger charge is -2.29. The van der Waals surface area contributed by atoms with Gasteiger partial charge in [-0.2, -0.15) is 13.2 Å². The standard InChI is InChI=1S/C21H20F4N6O/c1-31(2)19-15(9-29-20(30-19)21(23,24)25)32-14-7-6-12(13-8-28-16(26)10-27-13)17(18(14)22)11-4-3-5-11/h6-11H,3-5H2,1-2H3,(H2,26,28). The molecule has 168 valence electrons. The van der Waals surface area contributed by atoms with Gasteiger partial charge in [0, 0.05) is 25.2 Å². The molecule has 7 nitrogen and oxygen atoms in total. The zero-order chi connectivity index (χ0) is 23.0. The largest absolute Gasteiger partial charge is 0.451 e. The summed E-state index contributed by atoms with van der Waals surface area (Å²) in [6, 6.07) is 3.06. The van der Waals surface area contributed by atoms with Gasteiger partial charge in [-0.05, 0) is 30.9 Å². The van der Waals surface area contributed by atoms with E-state index in [1.165, 1.54) is 37.5 Å². The van der Waals surface area contributed by atoms with E-state index in [0.717, 1.165) is 25.5 Å². The first-order chi connectivity index (χ1) is 15.1. The number of alkyl halides is 3. The van der Waals surface area contributed by atoms with Crippen molar-refractivity contribution in [2.75, 3.05) is 24.7 Å². The Kier molecular flexibility index (Phi) is 5.57. The Balaban J connectivity index is 1.76. The second-order valence-corrected chi connectivity index (χ2v) is 7.67. The molecule has 4 rings (SSSR count). The summed E-state index contributed by atoms with van der Waals surface area (Å²) in [5.74, 6) is -2.03. The smallest absolute Gasteiger partial charge is 0.449 e. The molecule has 2 N–H and O–H groups in total. The average molecular weight is 448 g/mol. The first-order valence-electron chi connectivity index (χ1n) is 9.85. The van der Waals surface area contributed by atoms with Crippen LogP contribution >= 0.6 is 0 Å². The Bertz CT molecular complexity index is 1130. The van der Waals surface area contributed by atoms with E-state index in [1.807, 2.05) is 0 Å². The van der Waals surface area contributed by atoms with Gasteiger partial charge in [0.15, 0.2) is 23.1 Å². The fourth-order valence-corrected chi connectivity index (χ4v) is 3.46. The van der Waals surface area contributed by atoms with Gasteiger partial charge >= 0.3 is 6.18 Å². The fourth-order valence-electron chi connectivity index (χ4n) is 3.46. The van der Waals surface area contributed by atoms with Gasteiger partial charge in [0.05, 0.1) is 24.3 Å². The predicted molar refractivity (Wildman–Crippen MR) is 110 cm³/mol. The molecule has 1 aliphatic rings. The van der Waals surface area contributed by atoms with Crippen LogP contribution in [0, 0.1) is 5.82 Å². The number of nitrogens with zero attached hydrogens (tertiary/aromatic N) is 5. The van der Waals surface area contributed by atoms with Crippen molar-refractivity contribution in [3.05, 3.63) is 47.9 Å². The number of benzene rings is 1. The molecule has 0 saturated heterocycles. The maximum absolute atomic E-state index is 15.6. The molecule has 1 aromatic carbocycles. The molecule has 0 aliphatic heterocycles.